The van der Waals surface area contributed by atoms with E-state index in [-0.39, 0.29) is 24.4 Å². The van der Waals surface area contributed by atoms with Crippen LogP contribution in [-0.2, 0) is 4.79 Å². The van der Waals surface area contributed by atoms with E-state index >= 15 is 0 Å². The highest BCUT2D eigenvalue weighted by Gasteiger charge is 2.34. The molecule has 3 N–H and O–H groups in total. The van der Waals surface area contributed by atoms with E-state index in [1.54, 1.807) is 0 Å². The highest BCUT2D eigenvalue weighted by Crippen LogP contribution is 2.43. The van der Waals surface area contributed by atoms with Crippen LogP contribution in [0.4, 0.5) is 0 Å². The van der Waals surface area contributed by atoms with Crippen LogP contribution in [0.1, 0.15) is 56.6 Å². The predicted octanol–water partition coefficient (Wildman–Crippen LogP) is 3.36. The Bertz CT molecular complexity index is 564. The van der Waals surface area contributed by atoms with Crippen molar-refractivity contribution in [1.29, 1.82) is 0 Å². The molecule has 25 heavy (non-hydrogen) atoms. The highest BCUT2D eigenvalue weighted by molar-refractivity contribution is 5.85. The zero-order valence-electron chi connectivity index (χ0n) is 14.7. The van der Waals surface area contributed by atoms with Gasteiger partial charge in [0.15, 0.2) is 11.5 Å². The van der Waals surface area contributed by atoms with Crippen LogP contribution < -0.4 is 20.5 Å². The lowest BCUT2D eigenvalue weighted by atomic mass is 10.0. The summed E-state index contributed by atoms with van der Waals surface area (Å²) in [4.78, 5) is 12.3. The second kappa shape index (κ2) is 9.88. The number of amides is 1. The fourth-order valence-corrected chi connectivity index (χ4v) is 3.19. The molecular formula is C19H29ClN2O3. The third-order valence-electron chi connectivity index (χ3n) is 4.69. The number of nitrogens with one attached hydrogen (secondary N) is 1. The minimum atomic E-state index is 0. The van der Waals surface area contributed by atoms with Gasteiger partial charge in [-0.05, 0) is 55.8 Å². The number of nitrogens with two attached hydrogens (primary N) is 1. The zero-order valence-corrected chi connectivity index (χ0v) is 15.5. The van der Waals surface area contributed by atoms with Crippen molar-refractivity contribution < 1.29 is 14.3 Å². The number of ether oxygens (including phenoxy) is 2. The van der Waals surface area contributed by atoms with Crippen molar-refractivity contribution in [3.05, 3.63) is 23.8 Å². The Labute approximate surface area is 156 Å². The highest BCUT2D eigenvalue weighted by atomic mass is 35.5. The number of halogens is 1. The summed E-state index contributed by atoms with van der Waals surface area (Å²) in [5.41, 5.74) is 6.61. The molecule has 1 atom stereocenters. The number of hydrogen-bond donors (Lipinski definition) is 2. The van der Waals surface area contributed by atoms with Gasteiger partial charge in [0.2, 0.25) is 5.91 Å². The lowest BCUT2D eigenvalue weighted by Gasteiger charge is -2.23. The molecule has 5 nitrogen and oxygen atoms in total. The molecule has 140 valence electrons. The number of rotatable bonds is 9. The van der Waals surface area contributed by atoms with Gasteiger partial charge >= 0.3 is 0 Å². The molecule has 0 spiro atoms. The summed E-state index contributed by atoms with van der Waals surface area (Å²) in [6.07, 6.45) is 7.11. The smallest absolute Gasteiger partial charge is 0.220 e. The molecule has 3 rings (SSSR count). The van der Waals surface area contributed by atoms with Crippen LogP contribution in [0, 0.1) is 5.92 Å². The molecule has 1 aromatic carbocycles. The van der Waals surface area contributed by atoms with E-state index in [1.165, 1.54) is 12.8 Å². The molecule has 0 saturated heterocycles. The average molecular weight is 369 g/mol. The molecule has 1 fully saturated rings. The summed E-state index contributed by atoms with van der Waals surface area (Å²) < 4.78 is 11.3. The SMILES string of the molecule is Cl.NCCCCCCC(=O)NC(c1ccc2c(c1)OCCO2)C1CC1. The van der Waals surface area contributed by atoms with Gasteiger partial charge in [0.05, 0.1) is 6.04 Å². The zero-order chi connectivity index (χ0) is 16.8. The van der Waals surface area contributed by atoms with E-state index in [9.17, 15) is 4.79 Å². The number of carbonyl (C=O) groups is 1. The minimum Gasteiger partial charge on any atom is -0.486 e. The Balaban J connectivity index is 0.00000225. The van der Waals surface area contributed by atoms with Crippen LogP contribution >= 0.6 is 12.4 Å². The van der Waals surface area contributed by atoms with E-state index in [2.05, 4.69) is 11.4 Å². The van der Waals surface area contributed by atoms with Gasteiger partial charge in [0.1, 0.15) is 13.2 Å². The van der Waals surface area contributed by atoms with Crippen LogP contribution in [-0.4, -0.2) is 25.7 Å². The molecule has 1 unspecified atom stereocenters. The number of carbonyl (C=O) groups excluding carboxylic acids is 1. The Morgan fingerprint density at radius 1 is 1.12 bits per heavy atom. The molecule has 6 heteroatoms. The molecule has 0 radical (unpaired) electrons. The molecule has 0 bridgehead atoms. The summed E-state index contributed by atoms with van der Waals surface area (Å²) in [5, 5.41) is 3.23. The van der Waals surface area contributed by atoms with Gasteiger partial charge < -0.3 is 20.5 Å². The first-order chi connectivity index (χ1) is 11.8. The van der Waals surface area contributed by atoms with Gasteiger partial charge in [0.25, 0.3) is 0 Å². The van der Waals surface area contributed by atoms with Crippen molar-refractivity contribution in [2.75, 3.05) is 19.8 Å². The van der Waals surface area contributed by atoms with Gasteiger partial charge in [-0.3, -0.25) is 4.79 Å². The molecule has 1 aromatic rings. The van der Waals surface area contributed by atoms with Gasteiger partial charge in [-0.25, -0.2) is 0 Å². The van der Waals surface area contributed by atoms with Crippen molar-refractivity contribution in [3.63, 3.8) is 0 Å². The van der Waals surface area contributed by atoms with Crippen LogP contribution in [0.25, 0.3) is 0 Å². The molecular weight excluding hydrogens is 340 g/mol. The van der Waals surface area contributed by atoms with E-state index in [4.69, 9.17) is 15.2 Å². The van der Waals surface area contributed by atoms with Gasteiger partial charge in [0, 0.05) is 6.42 Å². The van der Waals surface area contributed by atoms with E-state index < -0.39 is 0 Å². The largest absolute Gasteiger partial charge is 0.486 e. The van der Waals surface area contributed by atoms with Crippen molar-refractivity contribution >= 4 is 18.3 Å². The van der Waals surface area contributed by atoms with Crippen molar-refractivity contribution in [1.82, 2.24) is 5.32 Å². The number of benzene rings is 1. The molecule has 1 heterocycles. The molecule has 1 saturated carbocycles. The summed E-state index contributed by atoms with van der Waals surface area (Å²) in [6.45, 7) is 1.92. The lowest BCUT2D eigenvalue weighted by molar-refractivity contribution is -0.122. The monoisotopic (exact) mass is 368 g/mol. The van der Waals surface area contributed by atoms with Crippen LogP contribution in [0.5, 0.6) is 11.5 Å². The Hall–Kier alpha value is -1.46. The lowest BCUT2D eigenvalue weighted by Crippen LogP contribution is -2.29. The maximum Gasteiger partial charge on any atom is 0.220 e. The van der Waals surface area contributed by atoms with Crippen molar-refractivity contribution in [2.45, 2.75) is 51.0 Å². The quantitative estimate of drug-likeness (QED) is 0.655. The topological polar surface area (TPSA) is 73.6 Å². The maximum atomic E-state index is 12.3. The second-order valence-electron chi connectivity index (χ2n) is 6.74. The summed E-state index contributed by atoms with van der Waals surface area (Å²) >= 11 is 0. The van der Waals surface area contributed by atoms with E-state index in [0.29, 0.717) is 25.6 Å². The number of hydrogen-bond acceptors (Lipinski definition) is 4. The molecule has 1 aliphatic carbocycles. The van der Waals surface area contributed by atoms with E-state index in [1.807, 2.05) is 12.1 Å². The van der Waals surface area contributed by atoms with E-state index in [0.717, 1.165) is 49.3 Å². The Kier molecular flexibility index (Phi) is 7.85. The fourth-order valence-electron chi connectivity index (χ4n) is 3.19. The van der Waals surface area contributed by atoms with Crippen LogP contribution in [0.2, 0.25) is 0 Å². The molecule has 1 aliphatic heterocycles. The predicted molar refractivity (Wildman–Crippen MR) is 100 cm³/mol. The van der Waals surface area contributed by atoms with Gasteiger partial charge in [-0.2, -0.15) is 0 Å². The minimum absolute atomic E-state index is 0. The molecule has 1 amide bonds. The summed E-state index contributed by atoms with van der Waals surface area (Å²) in [7, 11) is 0. The first-order valence-corrected chi connectivity index (χ1v) is 9.17. The second-order valence-corrected chi connectivity index (χ2v) is 6.74. The van der Waals surface area contributed by atoms with Crippen molar-refractivity contribution in [3.8, 4) is 11.5 Å². The number of fused-ring (bicyclic) bond motifs is 1. The molecule has 2 aliphatic rings. The third-order valence-corrected chi connectivity index (χ3v) is 4.69. The Morgan fingerprint density at radius 3 is 2.56 bits per heavy atom. The average Bonchev–Trinajstić information content (AvgIpc) is 3.44. The first kappa shape index (κ1) is 19.9. The van der Waals surface area contributed by atoms with Gasteiger partial charge in [-0.1, -0.05) is 18.9 Å². The van der Waals surface area contributed by atoms with Crippen LogP contribution in [0.3, 0.4) is 0 Å². The van der Waals surface area contributed by atoms with Gasteiger partial charge in [-0.15, -0.1) is 12.4 Å². The maximum absolute atomic E-state index is 12.3. The summed E-state index contributed by atoms with van der Waals surface area (Å²) in [6, 6.07) is 6.13. The molecule has 0 aromatic heterocycles. The third kappa shape index (κ3) is 5.79. The standard InChI is InChI=1S/C19H28N2O3.ClH/c20-10-4-2-1-3-5-18(22)21-19(14-6-7-14)15-8-9-16-17(13-15)24-12-11-23-16;/h8-9,13-14,19H,1-7,10-12,20H2,(H,21,22);1H. The normalized spacial score (nSPS) is 16.7. The van der Waals surface area contributed by atoms with Crippen molar-refractivity contribution in [2.24, 2.45) is 11.7 Å². The first-order valence-electron chi connectivity index (χ1n) is 9.17. The number of unbranched alkanes of at least 4 members (excludes halogenated alkanes) is 3. The fraction of sp³-hybridized carbons (Fsp3) is 0.632. The Morgan fingerprint density at radius 2 is 1.84 bits per heavy atom. The van der Waals surface area contributed by atoms with Crippen LogP contribution in [0.15, 0.2) is 18.2 Å². The summed E-state index contributed by atoms with van der Waals surface area (Å²) in [5.74, 6) is 2.29.